The number of ether oxygens (including phenoxy) is 2. The number of aliphatic carboxylic acids is 1. The second-order valence-electron chi connectivity index (χ2n) is 3.79. The smallest absolute Gasteiger partial charge is 0.305 e. The summed E-state index contributed by atoms with van der Waals surface area (Å²) in [4.78, 5) is 9.70. The maximum atomic E-state index is 9.70. The largest absolute Gasteiger partial charge is 0.481 e. The Balaban J connectivity index is 0. The van der Waals surface area contributed by atoms with Crippen molar-refractivity contribution in [2.75, 3.05) is 33.0 Å². The van der Waals surface area contributed by atoms with E-state index in [1.54, 1.807) is 13.8 Å². The van der Waals surface area contributed by atoms with Crippen LogP contribution >= 0.6 is 0 Å². The maximum absolute atomic E-state index is 9.70. The molecule has 0 heterocycles. The lowest BCUT2D eigenvalue weighted by Crippen LogP contribution is -2.07. The fraction of sp³-hybridized carbons (Fsp3) is 0.917. The Kier molecular flexibility index (Phi) is 16.9. The molecular formula is C12H26O5. The van der Waals surface area contributed by atoms with Gasteiger partial charge in [-0.25, -0.2) is 0 Å². The predicted molar refractivity (Wildman–Crippen MR) is 66.1 cm³/mol. The highest BCUT2D eigenvalue weighted by atomic mass is 16.5. The zero-order chi connectivity index (χ0) is 13.5. The van der Waals surface area contributed by atoms with Gasteiger partial charge in [-0.05, 0) is 6.42 Å². The van der Waals surface area contributed by atoms with Gasteiger partial charge in [-0.1, -0.05) is 27.2 Å². The van der Waals surface area contributed by atoms with Gasteiger partial charge < -0.3 is 19.7 Å². The quantitative estimate of drug-likeness (QED) is 0.607. The normalized spacial score (nSPS) is 9.94. The van der Waals surface area contributed by atoms with Crippen molar-refractivity contribution in [3.63, 3.8) is 0 Å². The zero-order valence-electron chi connectivity index (χ0n) is 11.1. The molecular weight excluding hydrogens is 224 g/mol. The Morgan fingerprint density at radius 2 is 1.59 bits per heavy atom. The summed E-state index contributed by atoms with van der Waals surface area (Å²) in [7, 11) is 0. The predicted octanol–water partition coefficient (Wildman–Crippen LogP) is 1.54. The second kappa shape index (κ2) is 15.4. The summed E-state index contributed by atoms with van der Waals surface area (Å²) in [6.45, 7) is 7.96. The molecule has 0 spiro atoms. The molecule has 0 aliphatic rings. The molecule has 0 aromatic rings. The van der Waals surface area contributed by atoms with Crippen LogP contribution in [0.5, 0.6) is 0 Å². The number of aliphatic hydroxyl groups excluding tert-OH is 1. The first kappa shape index (κ1) is 18.7. The number of unbranched alkanes of at least 4 members (excludes halogenated alkanes) is 1. The minimum absolute atomic E-state index is 0.0922. The van der Waals surface area contributed by atoms with E-state index in [1.165, 1.54) is 0 Å². The number of rotatable bonds is 9. The van der Waals surface area contributed by atoms with Gasteiger partial charge >= 0.3 is 5.97 Å². The van der Waals surface area contributed by atoms with Crippen LogP contribution < -0.4 is 0 Å². The van der Waals surface area contributed by atoms with E-state index in [2.05, 4.69) is 6.92 Å². The van der Waals surface area contributed by atoms with Gasteiger partial charge in [0, 0.05) is 6.61 Å². The SMILES string of the molecule is CC(C)C(=O)O.CCCCOCCOCCO. The van der Waals surface area contributed by atoms with Crippen LogP contribution in [0.1, 0.15) is 33.6 Å². The third kappa shape index (κ3) is 21.2. The van der Waals surface area contributed by atoms with Gasteiger partial charge in [-0.15, -0.1) is 0 Å². The Morgan fingerprint density at radius 3 is 1.94 bits per heavy atom. The van der Waals surface area contributed by atoms with Gasteiger partial charge in [-0.3, -0.25) is 4.79 Å². The Bertz CT molecular complexity index is 151. The minimum atomic E-state index is -0.741. The van der Waals surface area contributed by atoms with E-state index in [-0.39, 0.29) is 12.5 Å². The number of hydrogen-bond acceptors (Lipinski definition) is 4. The molecule has 17 heavy (non-hydrogen) atoms. The number of carboxylic acid groups (broad SMARTS) is 1. The average Bonchev–Trinajstić information content (AvgIpc) is 2.29. The molecule has 5 heteroatoms. The number of carboxylic acids is 1. The van der Waals surface area contributed by atoms with Crippen molar-refractivity contribution < 1.29 is 24.5 Å². The second-order valence-corrected chi connectivity index (χ2v) is 3.79. The van der Waals surface area contributed by atoms with E-state index in [9.17, 15) is 4.79 Å². The van der Waals surface area contributed by atoms with Gasteiger partial charge in [0.1, 0.15) is 0 Å². The molecule has 0 aromatic heterocycles. The van der Waals surface area contributed by atoms with Gasteiger partial charge in [0.2, 0.25) is 0 Å². The number of carbonyl (C=O) groups is 1. The van der Waals surface area contributed by atoms with E-state index in [4.69, 9.17) is 19.7 Å². The van der Waals surface area contributed by atoms with Gasteiger partial charge in [-0.2, -0.15) is 0 Å². The van der Waals surface area contributed by atoms with Crippen molar-refractivity contribution in [2.45, 2.75) is 33.6 Å². The Hall–Kier alpha value is -0.650. The average molecular weight is 250 g/mol. The van der Waals surface area contributed by atoms with Crippen LogP contribution in [-0.2, 0) is 14.3 Å². The highest BCUT2D eigenvalue weighted by Gasteiger charge is 1.99. The van der Waals surface area contributed by atoms with Crippen LogP contribution in [-0.4, -0.2) is 49.2 Å². The van der Waals surface area contributed by atoms with Crippen LogP contribution in [0.15, 0.2) is 0 Å². The van der Waals surface area contributed by atoms with Gasteiger partial charge in [0.25, 0.3) is 0 Å². The van der Waals surface area contributed by atoms with Crippen molar-refractivity contribution in [3.8, 4) is 0 Å². The summed E-state index contributed by atoms with van der Waals surface area (Å²) in [5.41, 5.74) is 0. The fourth-order valence-corrected chi connectivity index (χ4v) is 0.633. The Labute approximate surface area is 104 Å². The Morgan fingerprint density at radius 1 is 1.12 bits per heavy atom. The third-order valence-electron chi connectivity index (χ3n) is 1.74. The first-order chi connectivity index (χ1) is 8.06. The number of aliphatic hydroxyl groups is 1. The lowest BCUT2D eigenvalue weighted by Gasteiger charge is -2.02. The summed E-state index contributed by atoms with van der Waals surface area (Å²) >= 11 is 0. The van der Waals surface area contributed by atoms with E-state index in [1.807, 2.05) is 0 Å². The van der Waals surface area contributed by atoms with E-state index in [0.29, 0.717) is 19.8 Å². The molecule has 0 amide bonds. The molecule has 5 nitrogen and oxygen atoms in total. The molecule has 0 aromatic carbocycles. The summed E-state index contributed by atoms with van der Waals surface area (Å²) in [5, 5.41) is 16.3. The van der Waals surface area contributed by atoms with E-state index in [0.717, 1.165) is 19.4 Å². The van der Waals surface area contributed by atoms with Gasteiger partial charge in [0.15, 0.2) is 0 Å². The molecule has 0 atom stereocenters. The molecule has 0 radical (unpaired) electrons. The van der Waals surface area contributed by atoms with E-state index < -0.39 is 5.97 Å². The van der Waals surface area contributed by atoms with Crippen molar-refractivity contribution in [1.82, 2.24) is 0 Å². The molecule has 104 valence electrons. The molecule has 0 rings (SSSR count). The molecule has 0 unspecified atom stereocenters. The standard InChI is InChI=1S/C8H18O3.C4H8O2/c1-2-3-5-10-7-8-11-6-4-9;1-3(2)4(5)6/h9H,2-8H2,1H3;3H,1-2H3,(H,5,6). The van der Waals surface area contributed by atoms with Crippen LogP contribution in [0.2, 0.25) is 0 Å². The van der Waals surface area contributed by atoms with Crippen molar-refractivity contribution in [1.29, 1.82) is 0 Å². The van der Waals surface area contributed by atoms with Crippen LogP contribution in [0.4, 0.5) is 0 Å². The lowest BCUT2D eigenvalue weighted by molar-refractivity contribution is -0.140. The summed E-state index contributed by atoms with van der Waals surface area (Å²) in [6.07, 6.45) is 2.28. The summed E-state index contributed by atoms with van der Waals surface area (Å²) in [6, 6.07) is 0. The first-order valence-corrected chi connectivity index (χ1v) is 6.05. The van der Waals surface area contributed by atoms with Crippen molar-refractivity contribution >= 4 is 5.97 Å². The molecule has 0 aliphatic heterocycles. The molecule has 0 saturated heterocycles. The molecule has 0 bridgehead atoms. The van der Waals surface area contributed by atoms with Crippen LogP contribution in [0, 0.1) is 5.92 Å². The highest BCUT2D eigenvalue weighted by molar-refractivity contribution is 5.68. The van der Waals surface area contributed by atoms with Crippen LogP contribution in [0.25, 0.3) is 0 Å². The molecule has 0 aliphatic carbocycles. The third-order valence-corrected chi connectivity index (χ3v) is 1.74. The van der Waals surface area contributed by atoms with Crippen molar-refractivity contribution in [3.05, 3.63) is 0 Å². The summed E-state index contributed by atoms with van der Waals surface area (Å²) < 4.78 is 10.2. The topological polar surface area (TPSA) is 76.0 Å². The lowest BCUT2D eigenvalue weighted by atomic mass is 10.2. The molecule has 0 fully saturated rings. The van der Waals surface area contributed by atoms with Gasteiger partial charge in [0.05, 0.1) is 32.3 Å². The van der Waals surface area contributed by atoms with E-state index >= 15 is 0 Å². The monoisotopic (exact) mass is 250 g/mol. The molecule has 0 saturated carbocycles. The highest BCUT2D eigenvalue weighted by Crippen LogP contribution is 1.87. The number of hydrogen-bond donors (Lipinski definition) is 2. The zero-order valence-corrected chi connectivity index (χ0v) is 11.1. The minimum Gasteiger partial charge on any atom is -0.481 e. The van der Waals surface area contributed by atoms with Crippen LogP contribution in [0.3, 0.4) is 0 Å². The molecule has 2 N–H and O–H groups in total. The maximum Gasteiger partial charge on any atom is 0.305 e. The fourth-order valence-electron chi connectivity index (χ4n) is 0.633. The summed E-state index contributed by atoms with van der Waals surface area (Å²) in [5.74, 6) is -0.972. The first-order valence-electron chi connectivity index (χ1n) is 6.05. The van der Waals surface area contributed by atoms with Crippen molar-refractivity contribution in [2.24, 2.45) is 5.92 Å².